The van der Waals surface area contributed by atoms with Crippen LogP contribution in [0, 0.1) is 17.0 Å². The van der Waals surface area contributed by atoms with Crippen LogP contribution < -0.4 is 14.9 Å². The monoisotopic (exact) mass is 483 g/mol. The molecule has 0 aliphatic heterocycles. The van der Waals surface area contributed by atoms with E-state index in [-0.39, 0.29) is 12.3 Å². The van der Waals surface area contributed by atoms with E-state index in [4.69, 9.17) is 9.47 Å². The first kappa shape index (κ1) is 24.1. The van der Waals surface area contributed by atoms with E-state index >= 15 is 0 Å². The zero-order valence-corrected chi connectivity index (χ0v) is 19.2. The van der Waals surface area contributed by atoms with Gasteiger partial charge in [0.25, 0.3) is 11.6 Å². The molecule has 9 heteroatoms. The SMILES string of the molecule is Cc1cccc(C(=O)Oc2ccc3ccccc3c2C=NNC(=O)COc2ccc([N+](=O)[O-])cc2)c1. The quantitative estimate of drug-likeness (QED) is 0.126. The van der Waals surface area contributed by atoms with Crippen LogP contribution in [0.25, 0.3) is 10.8 Å². The molecular formula is C27H21N3O6. The van der Waals surface area contributed by atoms with Gasteiger partial charge in [-0.2, -0.15) is 5.10 Å². The third kappa shape index (κ3) is 5.89. The summed E-state index contributed by atoms with van der Waals surface area (Å²) in [6.45, 7) is 1.54. The van der Waals surface area contributed by atoms with Crippen LogP contribution in [-0.4, -0.2) is 29.6 Å². The molecule has 4 aromatic rings. The molecule has 0 radical (unpaired) electrons. The molecule has 0 fully saturated rings. The second kappa shape index (κ2) is 10.9. The van der Waals surface area contributed by atoms with E-state index in [9.17, 15) is 19.7 Å². The Bertz CT molecular complexity index is 1460. The van der Waals surface area contributed by atoms with Crippen molar-refractivity contribution in [3.8, 4) is 11.5 Å². The maximum Gasteiger partial charge on any atom is 0.343 e. The lowest BCUT2D eigenvalue weighted by molar-refractivity contribution is -0.384. The average molecular weight is 483 g/mol. The number of benzene rings is 4. The molecule has 0 bridgehead atoms. The van der Waals surface area contributed by atoms with Crippen LogP contribution in [0.1, 0.15) is 21.5 Å². The summed E-state index contributed by atoms with van der Waals surface area (Å²) in [6.07, 6.45) is 1.41. The Balaban J connectivity index is 1.47. The van der Waals surface area contributed by atoms with Gasteiger partial charge in [-0.05, 0) is 48.0 Å². The third-order valence-corrected chi connectivity index (χ3v) is 5.19. The number of hydrazone groups is 1. The summed E-state index contributed by atoms with van der Waals surface area (Å²) in [6, 6.07) is 23.5. The van der Waals surface area contributed by atoms with E-state index in [0.717, 1.165) is 16.3 Å². The first-order chi connectivity index (χ1) is 17.4. The number of ether oxygens (including phenoxy) is 2. The fourth-order valence-electron chi connectivity index (χ4n) is 3.44. The molecule has 0 atom stereocenters. The molecule has 0 aromatic heterocycles. The van der Waals surface area contributed by atoms with Gasteiger partial charge in [0.05, 0.1) is 16.7 Å². The predicted octanol–water partition coefficient (Wildman–Crippen LogP) is 4.80. The number of rotatable bonds is 8. The summed E-state index contributed by atoms with van der Waals surface area (Å²) in [5.41, 5.74) is 4.17. The van der Waals surface area contributed by atoms with Crippen LogP contribution >= 0.6 is 0 Å². The van der Waals surface area contributed by atoms with Crippen LogP contribution in [0.15, 0.2) is 90.0 Å². The van der Waals surface area contributed by atoms with Crippen LogP contribution in [0.2, 0.25) is 0 Å². The normalized spacial score (nSPS) is 10.8. The third-order valence-electron chi connectivity index (χ3n) is 5.19. The van der Waals surface area contributed by atoms with Crippen molar-refractivity contribution in [1.29, 1.82) is 0 Å². The standard InChI is InChI=1S/C27H21N3O6/c1-18-5-4-7-20(15-18)27(32)36-25-14-9-19-6-2-3-8-23(19)24(25)16-28-29-26(31)17-35-22-12-10-21(11-13-22)30(33)34/h2-16H,17H2,1H3,(H,29,31). The molecular weight excluding hydrogens is 462 g/mol. The van der Waals surface area contributed by atoms with Gasteiger partial charge in [0.1, 0.15) is 11.5 Å². The highest BCUT2D eigenvalue weighted by atomic mass is 16.6. The number of nitrogens with zero attached hydrogens (tertiary/aromatic N) is 2. The number of fused-ring (bicyclic) bond motifs is 1. The first-order valence-electron chi connectivity index (χ1n) is 10.9. The Morgan fingerprint density at radius 1 is 1.00 bits per heavy atom. The van der Waals surface area contributed by atoms with Crippen molar-refractivity contribution < 1.29 is 24.0 Å². The van der Waals surface area contributed by atoms with Gasteiger partial charge in [0, 0.05) is 17.7 Å². The van der Waals surface area contributed by atoms with Crippen molar-refractivity contribution in [2.45, 2.75) is 6.92 Å². The molecule has 0 aliphatic rings. The summed E-state index contributed by atoms with van der Waals surface area (Å²) in [4.78, 5) is 35.1. The van der Waals surface area contributed by atoms with Gasteiger partial charge in [0.15, 0.2) is 6.61 Å². The lowest BCUT2D eigenvalue weighted by Gasteiger charge is -2.11. The van der Waals surface area contributed by atoms with Gasteiger partial charge in [-0.15, -0.1) is 0 Å². The topological polar surface area (TPSA) is 120 Å². The van der Waals surface area contributed by atoms with Gasteiger partial charge in [-0.1, -0.05) is 48.0 Å². The molecule has 4 aromatic carbocycles. The molecule has 180 valence electrons. The minimum absolute atomic E-state index is 0.0783. The van der Waals surface area contributed by atoms with E-state index in [0.29, 0.717) is 22.6 Å². The fourth-order valence-corrected chi connectivity index (χ4v) is 3.44. The lowest BCUT2D eigenvalue weighted by atomic mass is 10.0. The van der Waals surface area contributed by atoms with Crippen LogP contribution in [0.3, 0.4) is 0 Å². The number of nitro groups is 1. The van der Waals surface area contributed by atoms with E-state index in [1.807, 2.05) is 43.3 Å². The molecule has 0 unspecified atom stereocenters. The number of aryl methyl sites for hydroxylation is 1. The Labute approximate surface area is 206 Å². The number of nitro benzene ring substituents is 1. The Morgan fingerprint density at radius 3 is 2.53 bits per heavy atom. The van der Waals surface area contributed by atoms with Gasteiger partial charge < -0.3 is 9.47 Å². The van der Waals surface area contributed by atoms with Crippen LogP contribution in [0.5, 0.6) is 11.5 Å². The summed E-state index contributed by atoms with van der Waals surface area (Å²) in [5.74, 6) is -0.452. The minimum atomic E-state index is -0.539. The van der Waals surface area contributed by atoms with E-state index < -0.39 is 16.8 Å². The second-order valence-corrected chi connectivity index (χ2v) is 7.79. The number of hydrogen-bond donors (Lipinski definition) is 1. The lowest BCUT2D eigenvalue weighted by Crippen LogP contribution is -2.24. The van der Waals surface area contributed by atoms with Crippen LogP contribution in [-0.2, 0) is 4.79 Å². The van der Waals surface area contributed by atoms with E-state index in [2.05, 4.69) is 10.5 Å². The van der Waals surface area contributed by atoms with Gasteiger partial charge in [0.2, 0.25) is 0 Å². The highest BCUT2D eigenvalue weighted by Gasteiger charge is 2.14. The molecule has 0 saturated heterocycles. The molecule has 0 spiro atoms. The van der Waals surface area contributed by atoms with Crippen molar-refractivity contribution in [2.24, 2.45) is 5.10 Å². The summed E-state index contributed by atoms with van der Waals surface area (Å²) in [5, 5.41) is 16.4. The number of amides is 1. The van der Waals surface area contributed by atoms with Gasteiger partial charge in [-0.25, -0.2) is 10.2 Å². The number of non-ortho nitro benzene ring substituents is 1. The highest BCUT2D eigenvalue weighted by Crippen LogP contribution is 2.27. The molecule has 9 nitrogen and oxygen atoms in total. The van der Waals surface area contributed by atoms with E-state index in [1.165, 1.54) is 30.5 Å². The largest absolute Gasteiger partial charge is 0.484 e. The number of hydrogen-bond acceptors (Lipinski definition) is 7. The molecule has 0 saturated carbocycles. The Morgan fingerprint density at radius 2 is 1.78 bits per heavy atom. The maximum absolute atomic E-state index is 12.7. The van der Waals surface area contributed by atoms with Gasteiger partial charge >= 0.3 is 5.97 Å². The summed E-state index contributed by atoms with van der Waals surface area (Å²) < 4.78 is 11.0. The molecule has 4 rings (SSSR count). The Kier molecular flexibility index (Phi) is 7.30. The minimum Gasteiger partial charge on any atom is -0.484 e. The zero-order valence-electron chi connectivity index (χ0n) is 19.2. The first-order valence-corrected chi connectivity index (χ1v) is 10.9. The van der Waals surface area contributed by atoms with Crippen molar-refractivity contribution >= 4 is 34.6 Å². The maximum atomic E-state index is 12.7. The predicted molar refractivity (Wildman–Crippen MR) is 134 cm³/mol. The van der Waals surface area contributed by atoms with Gasteiger partial charge in [-0.3, -0.25) is 14.9 Å². The highest BCUT2D eigenvalue weighted by molar-refractivity contribution is 6.04. The number of carbonyl (C=O) groups excluding carboxylic acids is 2. The summed E-state index contributed by atoms with van der Waals surface area (Å²) >= 11 is 0. The Hall–Kier alpha value is -5.05. The number of carbonyl (C=O) groups is 2. The second-order valence-electron chi connectivity index (χ2n) is 7.79. The van der Waals surface area contributed by atoms with Crippen LogP contribution in [0.4, 0.5) is 5.69 Å². The fraction of sp³-hybridized carbons (Fsp3) is 0.0741. The molecule has 0 heterocycles. The molecule has 36 heavy (non-hydrogen) atoms. The number of esters is 1. The van der Waals surface area contributed by atoms with Crippen molar-refractivity contribution in [3.05, 3.63) is 112 Å². The zero-order chi connectivity index (χ0) is 25.5. The number of nitrogens with one attached hydrogen (secondary N) is 1. The van der Waals surface area contributed by atoms with Crippen molar-refractivity contribution in [3.63, 3.8) is 0 Å². The average Bonchev–Trinajstić information content (AvgIpc) is 2.88. The molecule has 1 N–H and O–H groups in total. The van der Waals surface area contributed by atoms with Crippen molar-refractivity contribution in [2.75, 3.05) is 6.61 Å². The van der Waals surface area contributed by atoms with E-state index in [1.54, 1.807) is 24.3 Å². The summed E-state index contributed by atoms with van der Waals surface area (Å²) in [7, 11) is 0. The van der Waals surface area contributed by atoms with Crippen molar-refractivity contribution in [1.82, 2.24) is 5.43 Å². The smallest absolute Gasteiger partial charge is 0.343 e. The molecule has 0 aliphatic carbocycles. The molecule has 1 amide bonds.